The van der Waals surface area contributed by atoms with Crippen molar-refractivity contribution in [2.24, 2.45) is 4.99 Å². The van der Waals surface area contributed by atoms with Crippen molar-refractivity contribution >= 4 is 62.9 Å². The number of carboxylic acid groups (broad SMARTS) is 1. The lowest BCUT2D eigenvalue weighted by atomic mass is 10.0. The van der Waals surface area contributed by atoms with E-state index in [0.29, 0.717) is 33.1 Å². The summed E-state index contributed by atoms with van der Waals surface area (Å²) in [5.74, 6) is -0.621. The van der Waals surface area contributed by atoms with Gasteiger partial charge in [-0.25, -0.2) is 9.79 Å². The molecule has 4 aromatic rings. The van der Waals surface area contributed by atoms with Gasteiger partial charge in [-0.1, -0.05) is 54.1 Å². The highest BCUT2D eigenvalue weighted by molar-refractivity contribution is 8.18. The lowest BCUT2D eigenvalue weighted by molar-refractivity contribution is -0.115. The van der Waals surface area contributed by atoms with Crippen LogP contribution in [0.2, 0.25) is 5.02 Å². The molecule has 0 bridgehead atoms. The maximum Gasteiger partial charge on any atom is 0.335 e. The van der Waals surface area contributed by atoms with Crippen LogP contribution in [0.5, 0.6) is 5.75 Å². The number of benzene rings is 4. The predicted octanol–water partition coefficient (Wildman–Crippen LogP) is 6.66. The molecule has 1 aliphatic rings. The average Bonchev–Trinajstić information content (AvgIpc) is 3.23. The third-order valence-electron chi connectivity index (χ3n) is 5.51. The molecule has 8 heteroatoms. The minimum atomic E-state index is -1.01. The largest absolute Gasteiger partial charge is 0.488 e. The van der Waals surface area contributed by atoms with Crippen molar-refractivity contribution in [1.82, 2.24) is 5.32 Å². The molecule has 0 radical (unpaired) electrons. The molecule has 1 heterocycles. The quantitative estimate of drug-likeness (QED) is 0.281. The minimum absolute atomic E-state index is 0.171. The van der Waals surface area contributed by atoms with E-state index in [0.717, 1.165) is 21.9 Å². The summed E-state index contributed by atoms with van der Waals surface area (Å²) in [4.78, 5) is 28.7. The molecule has 0 aliphatic carbocycles. The molecule has 0 atom stereocenters. The topological polar surface area (TPSA) is 88.0 Å². The number of hydrogen-bond donors (Lipinski definition) is 2. The summed E-state index contributed by atoms with van der Waals surface area (Å²) in [5, 5.41) is 14.9. The fraction of sp³-hybridized carbons (Fsp3) is 0.0357. The van der Waals surface area contributed by atoms with Crippen LogP contribution in [0.3, 0.4) is 0 Å². The van der Waals surface area contributed by atoms with Gasteiger partial charge in [0.05, 0.1) is 16.2 Å². The first kappa shape index (κ1) is 23.7. The number of rotatable bonds is 6. The van der Waals surface area contributed by atoms with Gasteiger partial charge in [0.25, 0.3) is 5.91 Å². The first-order valence-corrected chi connectivity index (χ1v) is 12.2. The summed E-state index contributed by atoms with van der Waals surface area (Å²) < 4.78 is 6.16. The molecule has 1 aliphatic heterocycles. The van der Waals surface area contributed by atoms with Crippen molar-refractivity contribution in [3.05, 3.63) is 112 Å². The third-order valence-corrected chi connectivity index (χ3v) is 6.67. The lowest BCUT2D eigenvalue weighted by Gasteiger charge is -2.13. The van der Waals surface area contributed by atoms with Crippen LogP contribution in [-0.2, 0) is 11.4 Å². The minimum Gasteiger partial charge on any atom is -0.488 e. The van der Waals surface area contributed by atoms with Crippen LogP contribution in [0, 0.1) is 0 Å². The normalized spacial score (nSPS) is 15.4. The number of carboxylic acids is 1. The van der Waals surface area contributed by atoms with Crippen LogP contribution in [0.25, 0.3) is 16.8 Å². The van der Waals surface area contributed by atoms with Crippen molar-refractivity contribution in [1.29, 1.82) is 0 Å². The van der Waals surface area contributed by atoms with Gasteiger partial charge in [-0.15, -0.1) is 0 Å². The second kappa shape index (κ2) is 10.3. The van der Waals surface area contributed by atoms with E-state index in [1.807, 2.05) is 66.7 Å². The second-order valence-corrected chi connectivity index (χ2v) is 9.41. The van der Waals surface area contributed by atoms with E-state index in [1.165, 1.54) is 23.9 Å². The Morgan fingerprint density at radius 2 is 1.75 bits per heavy atom. The Hall–Kier alpha value is -4.07. The number of fused-ring (bicyclic) bond motifs is 1. The number of aliphatic imine (C=N–C) groups is 1. The monoisotopic (exact) mass is 514 g/mol. The van der Waals surface area contributed by atoms with E-state index in [2.05, 4.69) is 10.3 Å². The van der Waals surface area contributed by atoms with Crippen molar-refractivity contribution in [3.63, 3.8) is 0 Å². The number of nitrogens with one attached hydrogen (secondary N) is 1. The highest BCUT2D eigenvalue weighted by Crippen LogP contribution is 2.35. The zero-order valence-electron chi connectivity index (χ0n) is 18.8. The zero-order valence-corrected chi connectivity index (χ0v) is 20.3. The number of ether oxygens (including phenoxy) is 1. The van der Waals surface area contributed by atoms with E-state index in [-0.39, 0.29) is 11.5 Å². The number of hydrogen-bond acceptors (Lipinski definition) is 5. The van der Waals surface area contributed by atoms with E-state index in [4.69, 9.17) is 21.4 Å². The molecule has 1 saturated heterocycles. The summed E-state index contributed by atoms with van der Waals surface area (Å²) >= 11 is 7.20. The molecular formula is C28H19ClN2O4S. The highest BCUT2D eigenvalue weighted by atomic mass is 35.5. The maximum atomic E-state index is 12.8. The van der Waals surface area contributed by atoms with Crippen LogP contribution in [-0.4, -0.2) is 22.2 Å². The summed E-state index contributed by atoms with van der Waals surface area (Å²) in [5.41, 5.74) is 2.49. The summed E-state index contributed by atoms with van der Waals surface area (Å²) in [6.45, 7) is 0.351. The number of aromatic carboxylic acids is 1. The molecule has 0 spiro atoms. The number of amidine groups is 1. The van der Waals surface area contributed by atoms with Gasteiger partial charge in [0.1, 0.15) is 12.4 Å². The van der Waals surface area contributed by atoms with Gasteiger partial charge in [-0.2, -0.15) is 0 Å². The SMILES string of the molecule is O=C1NC(=Nc2ccc(C(=O)O)cc2)S/C1=C\c1c(OCc2ccc(Cl)cc2)ccc2ccccc12. The molecule has 2 N–H and O–H groups in total. The Morgan fingerprint density at radius 1 is 1.00 bits per heavy atom. The van der Waals surface area contributed by atoms with Crippen molar-refractivity contribution in [3.8, 4) is 5.75 Å². The van der Waals surface area contributed by atoms with Crippen LogP contribution in [0.1, 0.15) is 21.5 Å². The lowest BCUT2D eigenvalue weighted by Crippen LogP contribution is -2.19. The second-order valence-electron chi connectivity index (χ2n) is 7.95. The van der Waals surface area contributed by atoms with Crippen molar-refractivity contribution in [2.45, 2.75) is 6.61 Å². The van der Waals surface area contributed by atoms with Gasteiger partial charge in [0.15, 0.2) is 5.17 Å². The number of thioether (sulfide) groups is 1. The molecule has 0 aromatic heterocycles. The number of halogens is 1. The molecule has 0 unspecified atom stereocenters. The number of amides is 1. The van der Waals surface area contributed by atoms with Crippen LogP contribution in [0.4, 0.5) is 5.69 Å². The van der Waals surface area contributed by atoms with E-state index < -0.39 is 5.97 Å². The van der Waals surface area contributed by atoms with Crippen molar-refractivity contribution < 1.29 is 19.4 Å². The molecule has 6 nitrogen and oxygen atoms in total. The molecular weight excluding hydrogens is 496 g/mol. The maximum absolute atomic E-state index is 12.8. The van der Waals surface area contributed by atoms with Gasteiger partial charge >= 0.3 is 5.97 Å². The summed E-state index contributed by atoms with van der Waals surface area (Å²) in [6, 6.07) is 25.4. The number of carbonyl (C=O) groups excluding carboxylic acids is 1. The molecule has 178 valence electrons. The van der Waals surface area contributed by atoms with Gasteiger partial charge in [0, 0.05) is 10.6 Å². The molecule has 36 heavy (non-hydrogen) atoms. The average molecular weight is 515 g/mol. The van der Waals surface area contributed by atoms with Gasteiger partial charge in [-0.05, 0) is 76.6 Å². The Kier molecular flexibility index (Phi) is 6.75. The van der Waals surface area contributed by atoms with E-state index >= 15 is 0 Å². The number of nitrogens with zero attached hydrogens (tertiary/aromatic N) is 1. The number of carbonyl (C=O) groups is 2. The Bertz CT molecular complexity index is 1530. The fourth-order valence-corrected chi connectivity index (χ4v) is 4.65. The Labute approximate surface area is 216 Å². The van der Waals surface area contributed by atoms with Crippen LogP contribution < -0.4 is 10.1 Å². The standard InChI is InChI=1S/C28H19ClN2O4S/c29-20-10-5-17(6-11-20)16-35-24-14-9-18-3-1-2-4-22(18)23(24)15-25-26(32)31-28(36-25)30-21-12-7-19(8-13-21)27(33)34/h1-15H,16H2,(H,33,34)(H,30,31,32)/b25-15-. The smallest absolute Gasteiger partial charge is 0.335 e. The first-order valence-electron chi connectivity index (χ1n) is 11.0. The molecule has 4 aromatic carbocycles. The van der Waals surface area contributed by atoms with Gasteiger partial charge < -0.3 is 15.2 Å². The third kappa shape index (κ3) is 5.27. The highest BCUT2D eigenvalue weighted by Gasteiger charge is 2.25. The molecule has 1 fully saturated rings. The molecule has 1 amide bonds. The predicted molar refractivity (Wildman–Crippen MR) is 144 cm³/mol. The van der Waals surface area contributed by atoms with Gasteiger partial charge in [0.2, 0.25) is 0 Å². The molecule has 0 saturated carbocycles. The van der Waals surface area contributed by atoms with Crippen LogP contribution >= 0.6 is 23.4 Å². The Balaban J connectivity index is 1.45. The molecule has 5 rings (SSSR count). The Morgan fingerprint density at radius 3 is 2.50 bits per heavy atom. The van der Waals surface area contributed by atoms with Crippen molar-refractivity contribution in [2.75, 3.05) is 0 Å². The zero-order chi connectivity index (χ0) is 25.1. The van der Waals surface area contributed by atoms with E-state index in [9.17, 15) is 9.59 Å². The fourth-order valence-electron chi connectivity index (χ4n) is 3.70. The first-order chi connectivity index (χ1) is 17.5. The van der Waals surface area contributed by atoms with Gasteiger partial charge in [-0.3, -0.25) is 4.79 Å². The summed E-state index contributed by atoms with van der Waals surface area (Å²) in [7, 11) is 0. The van der Waals surface area contributed by atoms with E-state index in [1.54, 1.807) is 12.1 Å². The van der Waals surface area contributed by atoms with Crippen LogP contribution in [0.15, 0.2) is 94.8 Å². The summed E-state index contributed by atoms with van der Waals surface area (Å²) in [6.07, 6.45) is 1.82.